The fourth-order valence-corrected chi connectivity index (χ4v) is 2.10. The van der Waals surface area contributed by atoms with Gasteiger partial charge in [-0.15, -0.1) is 0 Å². The summed E-state index contributed by atoms with van der Waals surface area (Å²) in [6.45, 7) is 1.87. The Bertz CT molecular complexity index is 971. The van der Waals surface area contributed by atoms with Crippen LogP contribution in [0.3, 0.4) is 0 Å². The summed E-state index contributed by atoms with van der Waals surface area (Å²) < 4.78 is 41.2. The molecular weight excluding hydrogens is 364 g/mol. The highest BCUT2D eigenvalue weighted by Crippen LogP contribution is 2.28. The first-order valence-corrected chi connectivity index (χ1v) is 8.61. The van der Waals surface area contributed by atoms with Crippen LogP contribution in [0.1, 0.15) is 17.0 Å². The molecular formula is C16H20N2O7S. The molecule has 0 amide bonds. The van der Waals surface area contributed by atoms with Crippen molar-refractivity contribution in [3.05, 3.63) is 51.7 Å². The number of hydrogen-bond donors (Lipinski definition) is 2. The molecule has 2 N–H and O–H groups in total. The average Bonchev–Trinajstić information content (AvgIpc) is 2.54. The van der Waals surface area contributed by atoms with Crippen molar-refractivity contribution in [2.24, 2.45) is 14.1 Å². The van der Waals surface area contributed by atoms with Crippen molar-refractivity contribution in [2.45, 2.75) is 6.92 Å². The summed E-state index contributed by atoms with van der Waals surface area (Å²) in [5.41, 5.74) is 2.10. The van der Waals surface area contributed by atoms with Crippen molar-refractivity contribution in [1.82, 2.24) is 4.57 Å². The lowest BCUT2D eigenvalue weighted by Crippen LogP contribution is -2.53. The van der Waals surface area contributed by atoms with E-state index in [9.17, 15) is 9.90 Å². The van der Waals surface area contributed by atoms with Gasteiger partial charge in [-0.05, 0) is 31.2 Å². The van der Waals surface area contributed by atoms with Crippen LogP contribution in [0.25, 0.3) is 12.2 Å². The molecule has 1 aromatic carbocycles. The molecule has 0 radical (unpaired) electrons. The molecule has 0 aliphatic carbocycles. The van der Waals surface area contributed by atoms with Crippen LogP contribution in [0.4, 0.5) is 0 Å². The van der Waals surface area contributed by atoms with E-state index in [2.05, 4.69) is 0 Å². The fourth-order valence-electron chi connectivity index (χ4n) is 2.10. The number of phenols is 1. The standard InChI is InChI=1S/C16H18N2O3.H2O4S/c1-11-10-12(18(3)16(20)17(11)2)8-9-13-14(19)6-5-7-15(13)21-4;1-5(2,3)4/h5-10H,1-4H3;(H2,1,2,3,4). The van der Waals surface area contributed by atoms with Gasteiger partial charge in [0.2, 0.25) is 10.4 Å². The van der Waals surface area contributed by atoms with E-state index in [1.165, 1.54) is 0 Å². The highest BCUT2D eigenvalue weighted by Gasteiger charge is 2.12. The summed E-state index contributed by atoms with van der Waals surface area (Å²) in [5.74, 6) is 0.711. The fraction of sp³-hybridized carbons (Fsp3) is 0.250. The molecule has 0 fully saturated rings. The lowest BCUT2D eigenvalue weighted by Gasteiger charge is -2.06. The van der Waals surface area contributed by atoms with Crippen LogP contribution < -0.4 is 15.0 Å². The van der Waals surface area contributed by atoms with Crippen molar-refractivity contribution in [2.75, 3.05) is 7.11 Å². The van der Waals surface area contributed by atoms with E-state index in [4.69, 9.17) is 22.3 Å². The first kappa shape index (κ1) is 21.4. The van der Waals surface area contributed by atoms with E-state index in [1.807, 2.05) is 13.0 Å². The first-order valence-electron chi connectivity index (χ1n) is 7.24. The van der Waals surface area contributed by atoms with Crippen LogP contribution in [0.5, 0.6) is 11.5 Å². The predicted molar refractivity (Wildman–Crippen MR) is 93.5 cm³/mol. The number of aromatic hydroxyl groups is 1. The minimum Gasteiger partial charge on any atom is -0.726 e. The van der Waals surface area contributed by atoms with Crippen molar-refractivity contribution in [3.63, 3.8) is 0 Å². The number of phenolic OH excluding ortho intramolecular Hbond substituents is 1. The molecule has 142 valence electrons. The molecule has 0 spiro atoms. The normalized spacial score (nSPS) is 11.2. The Morgan fingerprint density at radius 1 is 1.31 bits per heavy atom. The van der Waals surface area contributed by atoms with Gasteiger partial charge < -0.3 is 14.4 Å². The van der Waals surface area contributed by atoms with E-state index in [1.54, 1.807) is 60.7 Å². The topological polar surface area (TPSA) is 133 Å². The van der Waals surface area contributed by atoms with E-state index in [0.717, 1.165) is 11.4 Å². The third kappa shape index (κ3) is 5.99. The highest BCUT2D eigenvalue weighted by atomic mass is 32.3. The van der Waals surface area contributed by atoms with E-state index >= 15 is 0 Å². The summed E-state index contributed by atoms with van der Waals surface area (Å²) in [4.78, 5) is 12.0. The molecule has 1 heterocycles. The summed E-state index contributed by atoms with van der Waals surface area (Å²) in [6.07, 6.45) is 3.52. The molecule has 26 heavy (non-hydrogen) atoms. The number of aryl methyl sites for hydroxylation is 1. The van der Waals surface area contributed by atoms with Gasteiger partial charge in [0.05, 0.1) is 26.8 Å². The van der Waals surface area contributed by atoms with Crippen LogP contribution >= 0.6 is 0 Å². The molecule has 10 heteroatoms. The third-order valence-electron chi connectivity index (χ3n) is 3.53. The summed E-state index contributed by atoms with van der Waals surface area (Å²) in [6, 6.07) is 6.99. The minimum atomic E-state index is -4.92. The Morgan fingerprint density at radius 2 is 1.88 bits per heavy atom. The van der Waals surface area contributed by atoms with Crippen LogP contribution in [0.15, 0.2) is 29.1 Å². The quantitative estimate of drug-likeness (QED) is 0.445. The second-order valence-electron chi connectivity index (χ2n) is 5.27. The molecule has 9 nitrogen and oxygen atoms in total. The van der Waals surface area contributed by atoms with Crippen LogP contribution in [-0.2, 0) is 24.5 Å². The molecule has 1 aromatic heterocycles. The van der Waals surface area contributed by atoms with Gasteiger partial charge in [-0.3, -0.25) is 4.55 Å². The van der Waals surface area contributed by atoms with Gasteiger partial charge in [0.15, 0.2) is 0 Å². The Morgan fingerprint density at radius 3 is 2.42 bits per heavy atom. The largest absolute Gasteiger partial charge is 0.726 e. The van der Waals surface area contributed by atoms with E-state index in [-0.39, 0.29) is 11.4 Å². The molecule has 0 aliphatic heterocycles. The number of rotatable bonds is 3. The lowest BCUT2D eigenvalue weighted by atomic mass is 10.1. The monoisotopic (exact) mass is 384 g/mol. The maximum Gasteiger partial charge on any atom is 0.498 e. The molecule has 0 aliphatic rings. The Balaban J connectivity index is 0.000000597. The Hall–Kier alpha value is -2.69. The van der Waals surface area contributed by atoms with Gasteiger partial charge in [-0.25, -0.2) is 8.42 Å². The third-order valence-corrected chi connectivity index (χ3v) is 3.53. The average molecular weight is 384 g/mol. The second kappa shape index (κ2) is 8.61. The number of ether oxygens (including phenoxy) is 1. The zero-order valence-electron chi connectivity index (χ0n) is 14.7. The predicted octanol–water partition coefficient (Wildman–Crippen LogP) is 0.407. The van der Waals surface area contributed by atoms with Crippen molar-refractivity contribution >= 4 is 22.6 Å². The smallest absolute Gasteiger partial charge is 0.498 e. The molecule has 2 aromatic rings. The Kier molecular flexibility index (Phi) is 7.07. The lowest BCUT2D eigenvalue weighted by molar-refractivity contribution is -0.692. The van der Waals surface area contributed by atoms with Crippen molar-refractivity contribution in [1.29, 1.82) is 0 Å². The molecule has 2 rings (SSSR count). The van der Waals surface area contributed by atoms with Gasteiger partial charge in [0.1, 0.15) is 22.9 Å². The summed E-state index contributed by atoms with van der Waals surface area (Å²) in [7, 11) is 0.0786. The summed E-state index contributed by atoms with van der Waals surface area (Å²) in [5, 5.41) is 9.92. The maximum absolute atomic E-state index is 12.0. The minimum absolute atomic E-state index is 0.0982. The maximum atomic E-state index is 12.0. The first-order chi connectivity index (χ1) is 12.0. The number of nitrogens with zero attached hydrogens (tertiary/aromatic N) is 2. The van der Waals surface area contributed by atoms with Gasteiger partial charge >= 0.3 is 5.69 Å². The summed E-state index contributed by atoms with van der Waals surface area (Å²) >= 11 is 0. The second-order valence-corrected chi connectivity index (χ2v) is 6.12. The molecule has 0 saturated heterocycles. The number of benzene rings is 1. The number of hydrogen-bond acceptors (Lipinski definition) is 6. The zero-order valence-corrected chi connectivity index (χ0v) is 15.5. The number of methoxy groups -OCH3 is 1. The highest BCUT2D eigenvalue weighted by molar-refractivity contribution is 7.79. The van der Waals surface area contributed by atoms with Crippen LogP contribution in [0.2, 0.25) is 0 Å². The van der Waals surface area contributed by atoms with Gasteiger partial charge in [-0.1, -0.05) is 6.07 Å². The zero-order chi connectivity index (χ0) is 20.1. The SMILES string of the molecule is COc1cccc(O)c1C=Cc1cc(C)n(C)c(=O)[n+]1C.O=S(=O)([O-])O. The van der Waals surface area contributed by atoms with E-state index in [0.29, 0.717) is 11.3 Å². The van der Waals surface area contributed by atoms with Crippen LogP contribution in [-0.4, -0.2) is 34.3 Å². The van der Waals surface area contributed by atoms with E-state index < -0.39 is 10.4 Å². The Labute approximate surface area is 151 Å². The van der Waals surface area contributed by atoms with Gasteiger partial charge in [0.25, 0.3) is 0 Å². The van der Waals surface area contributed by atoms with Gasteiger partial charge in [-0.2, -0.15) is 13.9 Å². The van der Waals surface area contributed by atoms with Crippen molar-refractivity contribution < 1.29 is 31.9 Å². The number of aromatic nitrogens is 2. The van der Waals surface area contributed by atoms with Crippen LogP contribution in [0, 0.1) is 6.92 Å². The molecule has 0 bridgehead atoms. The van der Waals surface area contributed by atoms with Gasteiger partial charge in [0, 0.05) is 6.07 Å². The molecule has 0 saturated carbocycles. The molecule has 0 unspecified atom stereocenters. The van der Waals surface area contributed by atoms with Crippen molar-refractivity contribution in [3.8, 4) is 11.5 Å². The molecule has 0 atom stereocenters.